The van der Waals surface area contributed by atoms with E-state index in [0.717, 1.165) is 12.0 Å². The van der Waals surface area contributed by atoms with Gasteiger partial charge in [0.2, 0.25) is 0 Å². The van der Waals surface area contributed by atoms with Crippen LogP contribution in [0, 0.1) is 0 Å². The summed E-state index contributed by atoms with van der Waals surface area (Å²) in [5.41, 5.74) is 3.20. The molecule has 4 aromatic carbocycles. The Bertz CT molecular complexity index is 1580. The summed E-state index contributed by atoms with van der Waals surface area (Å²) in [5.74, 6) is 3.26. The molecule has 0 atom stereocenters. The van der Waals surface area contributed by atoms with Crippen LogP contribution in [0.15, 0.2) is 89.3 Å². The van der Waals surface area contributed by atoms with Crippen molar-refractivity contribution in [1.29, 1.82) is 0 Å². The van der Waals surface area contributed by atoms with E-state index in [2.05, 4.69) is 6.92 Å². The summed E-state index contributed by atoms with van der Waals surface area (Å²) in [6.07, 6.45) is 0.780. The fourth-order valence-corrected chi connectivity index (χ4v) is 4.41. The number of fused-ring (bicyclic) bond motifs is 1. The first-order valence-corrected chi connectivity index (χ1v) is 12.3. The molecule has 0 fully saturated rings. The molecule has 38 heavy (non-hydrogen) atoms. The summed E-state index contributed by atoms with van der Waals surface area (Å²) in [7, 11) is 4.77. The predicted octanol–water partition coefficient (Wildman–Crippen LogP) is 7.71. The molecule has 5 rings (SSSR count). The molecule has 192 valence electrons. The zero-order valence-corrected chi connectivity index (χ0v) is 21.7. The maximum absolute atomic E-state index is 14.0. The van der Waals surface area contributed by atoms with Crippen molar-refractivity contribution < 1.29 is 28.2 Å². The Morgan fingerprint density at radius 2 is 1.47 bits per heavy atom. The third-order valence-corrected chi connectivity index (χ3v) is 6.42. The van der Waals surface area contributed by atoms with Crippen LogP contribution in [0.4, 0.5) is 0 Å². The second-order valence-electron chi connectivity index (χ2n) is 8.67. The first-order chi connectivity index (χ1) is 18.6. The molecule has 0 N–H and O–H groups in total. The molecule has 1 aromatic heterocycles. The predicted molar refractivity (Wildman–Crippen MR) is 147 cm³/mol. The van der Waals surface area contributed by atoms with Crippen molar-refractivity contribution in [3.05, 3.63) is 102 Å². The van der Waals surface area contributed by atoms with Crippen LogP contribution < -0.4 is 18.9 Å². The average molecular weight is 509 g/mol. The van der Waals surface area contributed by atoms with Gasteiger partial charge in [-0.2, -0.15) is 0 Å². The van der Waals surface area contributed by atoms with Gasteiger partial charge in [0, 0.05) is 16.5 Å². The summed E-state index contributed by atoms with van der Waals surface area (Å²) in [4.78, 5) is 14.0. The highest BCUT2D eigenvalue weighted by atomic mass is 16.5. The number of carbonyl (C=O) groups excluding carboxylic acids is 1. The van der Waals surface area contributed by atoms with E-state index in [4.69, 9.17) is 23.4 Å². The number of ether oxygens (including phenoxy) is 4. The first-order valence-electron chi connectivity index (χ1n) is 12.3. The summed E-state index contributed by atoms with van der Waals surface area (Å²) in [5, 5.41) is 0.695. The van der Waals surface area contributed by atoms with Gasteiger partial charge < -0.3 is 23.4 Å². The van der Waals surface area contributed by atoms with E-state index in [9.17, 15) is 4.79 Å². The highest BCUT2D eigenvalue weighted by Gasteiger charge is 2.26. The Morgan fingerprint density at radius 1 is 0.737 bits per heavy atom. The molecule has 0 aliphatic heterocycles. The number of benzene rings is 4. The lowest BCUT2D eigenvalue weighted by atomic mass is 9.96. The van der Waals surface area contributed by atoms with Gasteiger partial charge in [-0.1, -0.05) is 25.1 Å². The second kappa shape index (κ2) is 10.7. The van der Waals surface area contributed by atoms with Gasteiger partial charge in [0.15, 0.2) is 28.6 Å². The Labute approximate surface area is 221 Å². The van der Waals surface area contributed by atoms with Gasteiger partial charge in [0.05, 0.1) is 26.9 Å². The highest BCUT2D eigenvalue weighted by molar-refractivity contribution is 6.20. The van der Waals surface area contributed by atoms with Crippen LogP contribution in [0.2, 0.25) is 0 Å². The van der Waals surface area contributed by atoms with Gasteiger partial charge in [-0.25, -0.2) is 0 Å². The number of para-hydroxylation sites is 1. The van der Waals surface area contributed by atoms with E-state index < -0.39 is 0 Å². The van der Waals surface area contributed by atoms with Crippen LogP contribution in [-0.4, -0.2) is 27.1 Å². The summed E-state index contributed by atoms with van der Waals surface area (Å²) < 4.78 is 29.0. The highest BCUT2D eigenvalue weighted by Crippen LogP contribution is 2.43. The molecule has 0 saturated heterocycles. The number of aryl methyl sites for hydroxylation is 1. The molecule has 0 bridgehead atoms. The van der Waals surface area contributed by atoms with Crippen LogP contribution in [0.3, 0.4) is 0 Å². The molecule has 6 nitrogen and oxygen atoms in total. The minimum atomic E-state index is -0.166. The number of rotatable bonds is 9. The van der Waals surface area contributed by atoms with Crippen LogP contribution >= 0.6 is 0 Å². The molecule has 0 saturated carbocycles. The van der Waals surface area contributed by atoms with Gasteiger partial charge in [-0.15, -0.1) is 0 Å². The third kappa shape index (κ3) is 4.68. The molecule has 6 heteroatoms. The summed E-state index contributed by atoms with van der Waals surface area (Å²) >= 11 is 0. The normalized spacial score (nSPS) is 10.8. The maximum atomic E-state index is 14.0. The standard InChI is InChI=1S/C32H28O6/c1-5-20-17-25-29(30(33)21-11-14-23(34-2)15-12-21)31(38-32(25)28(18-20)36-4)22-13-16-26(27(19-22)35-3)37-24-9-7-6-8-10-24/h6-19H,5H2,1-4H3. The van der Waals surface area contributed by atoms with Gasteiger partial charge in [0.1, 0.15) is 17.3 Å². The lowest BCUT2D eigenvalue weighted by Crippen LogP contribution is -2.03. The van der Waals surface area contributed by atoms with Crippen LogP contribution in [0.25, 0.3) is 22.3 Å². The van der Waals surface area contributed by atoms with Crippen molar-refractivity contribution >= 4 is 16.8 Å². The van der Waals surface area contributed by atoms with Crippen molar-refractivity contribution in [1.82, 2.24) is 0 Å². The Balaban J connectivity index is 1.69. The van der Waals surface area contributed by atoms with Crippen molar-refractivity contribution in [2.75, 3.05) is 21.3 Å². The molecule has 1 heterocycles. The quantitative estimate of drug-likeness (QED) is 0.190. The molecule has 0 aliphatic carbocycles. The van der Waals surface area contributed by atoms with E-state index in [0.29, 0.717) is 62.2 Å². The summed E-state index contributed by atoms with van der Waals surface area (Å²) in [6.45, 7) is 2.06. The molecular weight excluding hydrogens is 480 g/mol. The average Bonchev–Trinajstić information content (AvgIpc) is 3.36. The SMILES string of the molecule is CCc1cc(OC)c2oc(-c3ccc(Oc4ccccc4)c(OC)c3)c(C(=O)c3ccc(OC)cc3)c2c1. The van der Waals surface area contributed by atoms with Crippen molar-refractivity contribution in [3.8, 4) is 40.1 Å². The van der Waals surface area contributed by atoms with Crippen molar-refractivity contribution in [3.63, 3.8) is 0 Å². The van der Waals surface area contributed by atoms with Crippen LogP contribution in [-0.2, 0) is 6.42 Å². The minimum Gasteiger partial charge on any atom is -0.497 e. The molecular formula is C32H28O6. The number of ketones is 1. The molecule has 0 amide bonds. The molecule has 5 aromatic rings. The lowest BCUT2D eigenvalue weighted by molar-refractivity contribution is 0.104. The number of hydrogen-bond donors (Lipinski definition) is 0. The monoisotopic (exact) mass is 508 g/mol. The number of carbonyl (C=O) groups is 1. The largest absolute Gasteiger partial charge is 0.497 e. The molecule has 0 unspecified atom stereocenters. The molecule has 0 spiro atoms. The maximum Gasteiger partial charge on any atom is 0.197 e. The number of hydrogen-bond acceptors (Lipinski definition) is 6. The Hall–Kier alpha value is -4.71. The molecule has 0 aliphatic rings. The van der Waals surface area contributed by atoms with Crippen molar-refractivity contribution in [2.24, 2.45) is 0 Å². The Kier molecular flexibility index (Phi) is 7.05. The van der Waals surface area contributed by atoms with Gasteiger partial charge in [0.25, 0.3) is 0 Å². The second-order valence-corrected chi connectivity index (χ2v) is 8.67. The lowest BCUT2D eigenvalue weighted by Gasteiger charge is -2.12. The minimum absolute atomic E-state index is 0.166. The van der Waals surface area contributed by atoms with E-state index >= 15 is 0 Å². The van der Waals surface area contributed by atoms with Gasteiger partial charge in [-0.05, 0) is 78.7 Å². The smallest absolute Gasteiger partial charge is 0.197 e. The third-order valence-electron chi connectivity index (χ3n) is 6.42. The van der Waals surface area contributed by atoms with E-state index in [1.807, 2.05) is 60.7 Å². The summed E-state index contributed by atoms with van der Waals surface area (Å²) in [6, 6.07) is 25.9. The van der Waals surface area contributed by atoms with Crippen molar-refractivity contribution in [2.45, 2.75) is 13.3 Å². The van der Waals surface area contributed by atoms with Gasteiger partial charge >= 0.3 is 0 Å². The Morgan fingerprint density at radius 3 is 2.13 bits per heavy atom. The number of methoxy groups -OCH3 is 3. The zero-order chi connectivity index (χ0) is 26.6. The topological polar surface area (TPSA) is 67.1 Å². The van der Waals surface area contributed by atoms with E-state index in [1.165, 1.54) is 0 Å². The van der Waals surface area contributed by atoms with E-state index in [-0.39, 0.29) is 5.78 Å². The van der Waals surface area contributed by atoms with Crippen LogP contribution in [0.5, 0.6) is 28.7 Å². The van der Waals surface area contributed by atoms with E-state index in [1.54, 1.807) is 45.6 Å². The zero-order valence-electron chi connectivity index (χ0n) is 21.7. The fourth-order valence-electron chi connectivity index (χ4n) is 4.41. The van der Waals surface area contributed by atoms with Crippen LogP contribution in [0.1, 0.15) is 28.4 Å². The fraction of sp³-hybridized carbons (Fsp3) is 0.156. The van der Waals surface area contributed by atoms with Gasteiger partial charge in [-0.3, -0.25) is 4.79 Å². The number of furan rings is 1. The first kappa shape index (κ1) is 25.0. The molecule has 0 radical (unpaired) electrons.